The van der Waals surface area contributed by atoms with Gasteiger partial charge in [0.2, 0.25) is 0 Å². The third-order valence-electron chi connectivity index (χ3n) is 6.95. The van der Waals surface area contributed by atoms with Crippen molar-refractivity contribution < 1.29 is 0 Å². The monoisotopic (exact) mass is 491 g/mol. The summed E-state index contributed by atoms with van der Waals surface area (Å²) in [6, 6.07) is 0. The van der Waals surface area contributed by atoms with Crippen LogP contribution in [-0.4, -0.2) is 86.6 Å². The van der Waals surface area contributed by atoms with E-state index >= 15 is 0 Å². The Morgan fingerprint density at radius 3 is 2.30 bits per heavy atom. The van der Waals surface area contributed by atoms with Gasteiger partial charge in [0.05, 0.1) is 0 Å². The van der Waals surface area contributed by atoms with E-state index in [4.69, 9.17) is 0 Å². The summed E-state index contributed by atoms with van der Waals surface area (Å²) in [7, 11) is 1.95. The van der Waals surface area contributed by atoms with E-state index in [2.05, 4.69) is 38.9 Å². The second-order valence-electron chi connectivity index (χ2n) is 9.00. The topological polar surface area (TPSA) is 34.1 Å². The van der Waals surface area contributed by atoms with Crippen molar-refractivity contribution in [2.45, 2.75) is 52.4 Å². The zero-order valence-electron chi connectivity index (χ0n) is 17.9. The Morgan fingerprint density at radius 1 is 1.00 bits per heavy atom. The molecule has 0 radical (unpaired) electrons. The lowest BCUT2D eigenvalue weighted by Gasteiger charge is -2.35. The van der Waals surface area contributed by atoms with Crippen LogP contribution in [0.3, 0.4) is 0 Å². The lowest BCUT2D eigenvalue weighted by Crippen LogP contribution is -2.49. The average Bonchev–Trinajstić information content (AvgIpc) is 3.06. The van der Waals surface area contributed by atoms with Gasteiger partial charge in [0, 0.05) is 59.4 Å². The molecule has 158 valence electrons. The minimum absolute atomic E-state index is 0. The van der Waals surface area contributed by atoms with Crippen LogP contribution in [0.5, 0.6) is 0 Å². The Hall–Kier alpha value is -0.0800. The van der Waals surface area contributed by atoms with Crippen molar-refractivity contribution in [3.63, 3.8) is 0 Å². The third kappa shape index (κ3) is 6.46. The van der Waals surface area contributed by atoms with Crippen LogP contribution >= 0.6 is 24.0 Å². The zero-order chi connectivity index (χ0) is 18.4. The Morgan fingerprint density at radius 2 is 1.67 bits per heavy atom. The molecule has 1 spiro atoms. The van der Waals surface area contributed by atoms with Gasteiger partial charge in [-0.05, 0) is 37.1 Å². The van der Waals surface area contributed by atoms with Crippen LogP contribution in [0.2, 0.25) is 0 Å². The highest BCUT2D eigenvalue weighted by atomic mass is 127. The first kappa shape index (κ1) is 23.2. The van der Waals surface area contributed by atoms with E-state index in [1.807, 2.05) is 7.05 Å². The molecule has 3 fully saturated rings. The van der Waals surface area contributed by atoms with E-state index in [9.17, 15) is 0 Å². The van der Waals surface area contributed by atoms with Gasteiger partial charge in [0.1, 0.15) is 0 Å². The van der Waals surface area contributed by atoms with Crippen LogP contribution in [0.4, 0.5) is 0 Å². The molecule has 0 bridgehead atoms. The maximum Gasteiger partial charge on any atom is 0.193 e. The second kappa shape index (κ2) is 11.2. The summed E-state index contributed by atoms with van der Waals surface area (Å²) in [5, 5.41) is 3.68. The molecule has 1 aliphatic carbocycles. The predicted octanol–water partition coefficient (Wildman–Crippen LogP) is 3.11. The Labute approximate surface area is 184 Å². The van der Waals surface area contributed by atoms with Gasteiger partial charge in [-0.25, -0.2) is 0 Å². The van der Waals surface area contributed by atoms with E-state index < -0.39 is 0 Å². The van der Waals surface area contributed by atoms with Crippen molar-refractivity contribution in [2.75, 3.05) is 66.0 Å². The SMILES string of the molecule is CCN1CCN(CC(C)CNC(=NC)N2CCC3(CCCCC3)C2)CC1.I. The first-order valence-electron chi connectivity index (χ1n) is 11.0. The van der Waals surface area contributed by atoms with Gasteiger partial charge in [-0.3, -0.25) is 4.99 Å². The van der Waals surface area contributed by atoms with Gasteiger partial charge in [-0.2, -0.15) is 0 Å². The summed E-state index contributed by atoms with van der Waals surface area (Å²) < 4.78 is 0. The molecule has 27 heavy (non-hydrogen) atoms. The van der Waals surface area contributed by atoms with E-state index in [-0.39, 0.29) is 24.0 Å². The standard InChI is InChI=1S/C21H41N5.HI/c1-4-24-12-14-25(15-13-24)17-19(2)16-23-20(22-3)26-11-10-21(18-26)8-6-5-7-9-21;/h19H,4-18H2,1-3H3,(H,22,23);1H. The number of piperazine rings is 1. The molecular weight excluding hydrogens is 449 g/mol. The highest BCUT2D eigenvalue weighted by Gasteiger charge is 2.39. The molecule has 5 nitrogen and oxygen atoms in total. The molecule has 1 N–H and O–H groups in total. The highest BCUT2D eigenvalue weighted by molar-refractivity contribution is 14.0. The summed E-state index contributed by atoms with van der Waals surface area (Å²) in [4.78, 5) is 12.3. The quantitative estimate of drug-likeness (QED) is 0.364. The third-order valence-corrected chi connectivity index (χ3v) is 6.95. The summed E-state index contributed by atoms with van der Waals surface area (Å²) in [6.07, 6.45) is 8.54. The Balaban J connectivity index is 0.00000261. The molecule has 2 aliphatic heterocycles. The van der Waals surface area contributed by atoms with Crippen molar-refractivity contribution in [1.82, 2.24) is 20.0 Å². The minimum Gasteiger partial charge on any atom is -0.356 e. The Bertz CT molecular complexity index is 455. The van der Waals surface area contributed by atoms with Crippen LogP contribution in [0.25, 0.3) is 0 Å². The fourth-order valence-corrected chi connectivity index (χ4v) is 5.22. The molecule has 1 atom stereocenters. The number of nitrogens with one attached hydrogen (secondary N) is 1. The van der Waals surface area contributed by atoms with Crippen LogP contribution in [0.15, 0.2) is 4.99 Å². The number of hydrogen-bond donors (Lipinski definition) is 1. The number of aliphatic imine (C=N–C) groups is 1. The summed E-state index contributed by atoms with van der Waals surface area (Å²) >= 11 is 0. The molecular formula is C21H42IN5. The van der Waals surface area contributed by atoms with Crippen LogP contribution in [-0.2, 0) is 0 Å². The number of hydrogen-bond acceptors (Lipinski definition) is 3. The number of guanidine groups is 1. The lowest BCUT2D eigenvalue weighted by molar-refractivity contribution is 0.124. The molecule has 0 aromatic rings. The minimum atomic E-state index is 0. The normalized spacial score (nSPS) is 25.4. The van der Waals surface area contributed by atoms with Crippen molar-refractivity contribution in [1.29, 1.82) is 0 Å². The molecule has 0 aromatic heterocycles. The molecule has 1 saturated carbocycles. The predicted molar refractivity (Wildman–Crippen MR) is 126 cm³/mol. The fraction of sp³-hybridized carbons (Fsp3) is 0.952. The highest BCUT2D eigenvalue weighted by Crippen LogP contribution is 2.43. The maximum atomic E-state index is 4.60. The van der Waals surface area contributed by atoms with E-state index in [0.717, 1.165) is 12.5 Å². The first-order chi connectivity index (χ1) is 12.6. The molecule has 1 unspecified atom stereocenters. The van der Waals surface area contributed by atoms with E-state index in [0.29, 0.717) is 11.3 Å². The smallest absolute Gasteiger partial charge is 0.193 e. The number of rotatable bonds is 5. The second-order valence-corrected chi connectivity index (χ2v) is 9.00. The number of likely N-dealkylation sites (N-methyl/N-ethyl adjacent to an activating group) is 1. The number of likely N-dealkylation sites (tertiary alicyclic amines) is 1. The van der Waals surface area contributed by atoms with Gasteiger partial charge in [-0.1, -0.05) is 33.1 Å². The molecule has 0 amide bonds. The maximum absolute atomic E-state index is 4.60. The van der Waals surface area contributed by atoms with Crippen LogP contribution in [0, 0.1) is 11.3 Å². The van der Waals surface area contributed by atoms with Gasteiger partial charge >= 0.3 is 0 Å². The van der Waals surface area contributed by atoms with Gasteiger partial charge in [-0.15, -0.1) is 24.0 Å². The Kier molecular flexibility index (Phi) is 9.62. The molecule has 3 rings (SSSR count). The number of halogens is 1. The average molecular weight is 492 g/mol. The molecule has 3 aliphatic rings. The summed E-state index contributed by atoms with van der Waals surface area (Å²) in [5.41, 5.74) is 0.598. The summed E-state index contributed by atoms with van der Waals surface area (Å²) in [6.45, 7) is 15.4. The van der Waals surface area contributed by atoms with Crippen molar-refractivity contribution in [3.8, 4) is 0 Å². The summed E-state index contributed by atoms with van der Waals surface area (Å²) in [5.74, 6) is 1.79. The zero-order valence-corrected chi connectivity index (χ0v) is 20.2. The van der Waals surface area contributed by atoms with E-state index in [1.165, 1.54) is 90.9 Å². The van der Waals surface area contributed by atoms with Crippen molar-refractivity contribution in [2.24, 2.45) is 16.3 Å². The molecule has 2 heterocycles. The molecule has 2 saturated heterocycles. The lowest BCUT2D eigenvalue weighted by atomic mass is 9.73. The number of nitrogens with zero attached hydrogens (tertiary/aromatic N) is 4. The molecule has 6 heteroatoms. The first-order valence-corrected chi connectivity index (χ1v) is 11.0. The van der Waals surface area contributed by atoms with E-state index in [1.54, 1.807) is 0 Å². The van der Waals surface area contributed by atoms with Crippen LogP contribution < -0.4 is 5.32 Å². The van der Waals surface area contributed by atoms with Gasteiger partial charge in [0.25, 0.3) is 0 Å². The van der Waals surface area contributed by atoms with Crippen molar-refractivity contribution >= 4 is 29.9 Å². The van der Waals surface area contributed by atoms with Crippen molar-refractivity contribution in [3.05, 3.63) is 0 Å². The largest absolute Gasteiger partial charge is 0.356 e. The van der Waals surface area contributed by atoms with Crippen LogP contribution in [0.1, 0.15) is 52.4 Å². The fourth-order valence-electron chi connectivity index (χ4n) is 5.22. The molecule has 0 aromatic carbocycles. The van der Waals surface area contributed by atoms with Gasteiger partial charge < -0.3 is 20.0 Å². The van der Waals surface area contributed by atoms with Gasteiger partial charge in [0.15, 0.2) is 5.96 Å².